The van der Waals surface area contributed by atoms with Gasteiger partial charge >= 0.3 is 0 Å². The van der Waals surface area contributed by atoms with Crippen molar-refractivity contribution in [1.82, 2.24) is 0 Å². The van der Waals surface area contributed by atoms with Gasteiger partial charge in [-0.2, -0.15) is 0 Å². The highest BCUT2D eigenvalue weighted by Gasteiger charge is 2.17. The van der Waals surface area contributed by atoms with E-state index < -0.39 is 0 Å². The van der Waals surface area contributed by atoms with E-state index in [1.807, 2.05) is 54.6 Å². The summed E-state index contributed by atoms with van der Waals surface area (Å²) in [5.74, 6) is 0. The van der Waals surface area contributed by atoms with Gasteiger partial charge in [-0.25, -0.2) is 0 Å². The van der Waals surface area contributed by atoms with E-state index in [0.29, 0.717) is 5.02 Å². The Labute approximate surface area is 159 Å². The Balaban J connectivity index is 1.81. The Morgan fingerprint density at radius 3 is 1.93 bits per heavy atom. The van der Waals surface area contributed by atoms with Crippen LogP contribution in [0, 0.1) is 0 Å². The SMILES string of the molecule is Clc1cccc2c1oc1cccc(-c3cccc4oc5ccccc5c34)c12. The van der Waals surface area contributed by atoms with E-state index in [2.05, 4.69) is 24.3 Å². The van der Waals surface area contributed by atoms with E-state index >= 15 is 0 Å². The first kappa shape index (κ1) is 14.9. The molecule has 2 nitrogen and oxygen atoms in total. The molecule has 0 bridgehead atoms. The average molecular weight is 369 g/mol. The van der Waals surface area contributed by atoms with Gasteiger partial charge < -0.3 is 8.83 Å². The molecule has 6 aromatic rings. The van der Waals surface area contributed by atoms with Gasteiger partial charge in [0.2, 0.25) is 0 Å². The lowest BCUT2D eigenvalue weighted by atomic mass is 9.95. The third-order valence-electron chi connectivity index (χ3n) is 5.17. The smallest absolute Gasteiger partial charge is 0.154 e. The van der Waals surface area contributed by atoms with Gasteiger partial charge in [-0.05, 0) is 35.4 Å². The summed E-state index contributed by atoms with van der Waals surface area (Å²) < 4.78 is 12.1. The van der Waals surface area contributed by atoms with Crippen LogP contribution in [0.15, 0.2) is 87.7 Å². The van der Waals surface area contributed by atoms with Crippen molar-refractivity contribution in [3.63, 3.8) is 0 Å². The molecule has 0 unspecified atom stereocenters. The van der Waals surface area contributed by atoms with Crippen LogP contribution in [0.2, 0.25) is 5.02 Å². The van der Waals surface area contributed by atoms with Gasteiger partial charge in [0.25, 0.3) is 0 Å². The Bertz CT molecular complexity index is 1490. The summed E-state index contributed by atoms with van der Waals surface area (Å²) >= 11 is 6.37. The first-order chi connectivity index (χ1) is 13.3. The molecule has 0 N–H and O–H groups in total. The van der Waals surface area contributed by atoms with Gasteiger partial charge in [0, 0.05) is 21.5 Å². The standard InChI is InChI=1S/C24H13ClO2/c25-18-10-3-9-17-23-15(8-5-13-21(23)27-24(17)18)14-7-4-12-20-22(14)16-6-1-2-11-19(16)26-20/h1-13H. The van der Waals surface area contributed by atoms with Gasteiger partial charge in [0.15, 0.2) is 5.58 Å². The molecule has 6 rings (SSSR count). The molecule has 0 amide bonds. The average Bonchev–Trinajstić information content (AvgIpc) is 3.27. The molecule has 0 saturated heterocycles. The van der Waals surface area contributed by atoms with Crippen LogP contribution in [0.4, 0.5) is 0 Å². The third kappa shape index (κ3) is 2.02. The number of benzene rings is 4. The first-order valence-electron chi connectivity index (χ1n) is 8.81. The fourth-order valence-corrected chi connectivity index (χ4v) is 4.25. The molecule has 128 valence electrons. The molecule has 0 saturated carbocycles. The van der Waals surface area contributed by atoms with Crippen molar-refractivity contribution >= 4 is 55.5 Å². The van der Waals surface area contributed by atoms with Crippen molar-refractivity contribution in [2.75, 3.05) is 0 Å². The molecule has 0 atom stereocenters. The summed E-state index contributed by atoms with van der Waals surface area (Å²) in [5.41, 5.74) is 5.59. The fraction of sp³-hybridized carbons (Fsp3) is 0. The molecule has 0 aliphatic rings. The van der Waals surface area contributed by atoms with E-state index in [9.17, 15) is 0 Å². The van der Waals surface area contributed by atoms with Gasteiger partial charge in [-0.15, -0.1) is 0 Å². The van der Waals surface area contributed by atoms with Crippen LogP contribution in [0.25, 0.3) is 55.0 Å². The lowest BCUT2D eigenvalue weighted by Gasteiger charge is -2.06. The molecular formula is C24H13ClO2. The normalized spacial score (nSPS) is 11.9. The third-order valence-corrected chi connectivity index (χ3v) is 5.46. The van der Waals surface area contributed by atoms with Gasteiger partial charge in [-0.1, -0.05) is 66.2 Å². The van der Waals surface area contributed by atoms with Gasteiger partial charge in [0.05, 0.1) is 5.02 Å². The van der Waals surface area contributed by atoms with Crippen LogP contribution in [-0.4, -0.2) is 0 Å². The molecule has 2 aromatic heterocycles. The Kier molecular flexibility index (Phi) is 2.97. The Morgan fingerprint density at radius 1 is 0.519 bits per heavy atom. The maximum absolute atomic E-state index is 6.37. The number of furan rings is 2. The zero-order valence-corrected chi connectivity index (χ0v) is 15.0. The van der Waals surface area contributed by atoms with Crippen LogP contribution < -0.4 is 0 Å². The van der Waals surface area contributed by atoms with E-state index in [0.717, 1.165) is 55.0 Å². The Morgan fingerprint density at radius 2 is 1.11 bits per heavy atom. The molecule has 0 aliphatic carbocycles. The van der Waals surface area contributed by atoms with Crippen LogP contribution >= 0.6 is 11.6 Å². The van der Waals surface area contributed by atoms with Crippen molar-refractivity contribution in [1.29, 1.82) is 0 Å². The summed E-state index contributed by atoms with van der Waals surface area (Å²) in [6.45, 7) is 0. The van der Waals surface area contributed by atoms with Crippen molar-refractivity contribution in [3.8, 4) is 11.1 Å². The molecular weight excluding hydrogens is 356 g/mol. The number of rotatable bonds is 1. The molecule has 3 heteroatoms. The second kappa shape index (κ2) is 5.38. The number of hydrogen-bond donors (Lipinski definition) is 0. The number of fused-ring (bicyclic) bond motifs is 6. The predicted octanol–water partition coefficient (Wildman–Crippen LogP) is 7.81. The molecule has 0 fully saturated rings. The minimum atomic E-state index is 0.626. The van der Waals surface area contributed by atoms with E-state index in [4.69, 9.17) is 20.4 Å². The van der Waals surface area contributed by atoms with Crippen molar-refractivity contribution in [2.24, 2.45) is 0 Å². The highest BCUT2D eigenvalue weighted by molar-refractivity contribution is 6.36. The highest BCUT2D eigenvalue weighted by atomic mass is 35.5. The summed E-state index contributed by atoms with van der Waals surface area (Å²) in [5, 5.41) is 4.97. The maximum Gasteiger partial charge on any atom is 0.154 e. The van der Waals surface area contributed by atoms with Crippen LogP contribution in [-0.2, 0) is 0 Å². The molecule has 0 spiro atoms. The largest absolute Gasteiger partial charge is 0.456 e. The lowest BCUT2D eigenvalue weighted by molar-refractivity contribution is 0.668. The van der Waals surface area contributed by atoms with Crippen molar-refractivity contribution in [2.45, 2.75) is 0 Å². The quantitative estimate of drug-likeness (QED) is 0.296. The summed E-state index contributed by atoms with van der Waals surface area (Å²) in [4.78, 5) is 0. The predicted molar refractivity (Wildman–Crippen MR) is 111 cm³/mol. The van der Waals surface area contributed by atoms with E-state index in [1.165, 1.54) is 0 Å². The second-order valence-corrected chi connectivity index (χ2v) is 7.08. The summed E-state index contributed by atoms with van der Waals surface area (Å²) in [6, 6.07) is 26.4. The monoisotopic (exact) mass is 368 g/mol. The Hall–Kier alpha value is -3.23. The summed E-state index contributed by atoms with van der Waals surface area (Å²) in [7, 11) is 0. The van der Waals surface area contributed by atoms with Gasteiger partial charge in [0.1, 0.15) is 16.7 Å². The number of halogens is 1. The molecule has 2 heterocycles. The van der Waals surface area contributed by atoms with E-state index in [-0.39, 0.29) is 0 Å². The lowest BCUT2D eigenvalue weighted by Crippen LogP contribution is -1.81. The molecule has 4 aromatic carbocycles. The maximum atomic E-state index is 6.37. The minimum Gasteiger partial charge on any atom is -0.456 e. The minimum absolute atomic E-state index is 0.626. The number of hydrogen-bond acceptors (Lipinski definition) is 2. The van der Waals surface area contributed by atoms with Crippen molar-refractivity contribution < 1.29 is 8.83 Å². The summed E-state index contributed by atoms with van der Waals surface area (Å²) in [6.07, 6.45) is 0. The van der Waals surface area contributed by atoms with Crippen LogP contribution in [0.1, 0.15) is 0 Å². The molecule has 27 heavy (non-hydrogen) atoms. The zero-order valence-electron chi connectivity index (χ0n) is 14.2. The van der Waals surface area contributed by atoms with Gasteiger partial charge in [-0.3, -0.25) is 0 Å². The highest BCUT2D eigenvalue weighted by Crippen LogP contribution is 2.43. The van der Waals surface area contributed by atoms with Crippen LogP contribution in [0.3, 0.4) is 0 Å². The topological polar surface area (TPSA) is 26.3 Å². The first-order valence-corrected chi connectivity index (χ1v) is 9.19. The molecule has 0 radical (unpaired) electrons. The zero-order chi connectivity index (χ0) is 18.0. The second-order valence-electron chi connectivity index (χ2n) is 6.67. The van der Waals surface area contributed by atoms with Crippen molar-refractivity contribution in [3.05, 3.63) is 83.9 Å². The van der Waals surface area contributed by atoms with E-state index in [1.54, 1.807) is 0 Å². The fourth-order valence-electron chi connectivity index (χ4n) is 4.04. The number of para-hydroxylation sites is 2. The van der Waals surface area contributed by atoms with Crippen LogP contribution in [0.5, 0.6) is 0 Å². The molecule has 0 aliphatic heterocycles.